The molecule has 3 heteroatoms. The first-order valence-electron chi connectivity index (χ1n) is 7.83. The topological polar surface area (TPSA) is 15.3 Å². The van der Waals surface area contributed by atoms with Gasteiger partial charge < -0.3 is 10.2 Å². The van der Waals surface area contributed by atoms with Gasteiger partial charge in [-0.3, -0.25) is 0 Å². The van der Waals surface area contributed by atoms with Crippen LogP contribution in [0.4, 0.5) is 0 Å². The number of hydrogen-bond donors (Lipinski definition) is 1. The van der Waals surface area contributed by atoms with Crippen molar-refractivity contribution in [1.82, 2.24) is 10.2 Å². The van der Waals surface area contributed by atoms with E-state index in [1.807, 2.05) is 0 Å². The molecular weight excluding hydrogens is 240 g/mol. The van der Waals surface area contributed by atoms with Gasteiger partial charge >= 0.3 is 0 Å². The van der Waals surface area contributed by atoms with Gasteiger partial charge in [-0.1, -0.05) is 26.7 Å². The maximum Gasteiger partial charge on any atom is 0.0172 e. The molecule has 2 nitrogen and oxygen atoms in total. The lowest BCUT2D eigenvalue weighted by Crippen LogP contribution is -2.47. The minimum Gasteiger partial charge on any atom is -0.316 e. The highest BCUT2D eigenvalue weighted by atomic mass is 32.2. The van der Waals surface area contributed by atoms with E-state index in [2.05, 4.69) is 35.8 Å². The van der Waals surface area contributed by atoms with Gasteiger partial charge in [0.15, 0.2) is 0 Å². The molecule has 18 heavy (non-hydrogen) atoms. The molecule has 0 amide bonds. The normalized spacial score (nSPS) is 28.7. The van der Waals surface area contributed by atoms with Crippen molar-refractivity contribution in [3.8, 4) is 0 Å². The summed E-state index contributed by atoms with van der Waals surface area (Å²) >= 11 is 2.18. The summed E-state index contributed by atoms with van der Waals surface area (Å²) in [5.74, 6) is 1.34. The number of nitrogens with zero attached hydrogens (tertiary/aromatic N) is 1. The SMILES string of the molecule is CCNCC1(CN2CCSC(CC)C2)CCCC1. The number of hydrogen-bond acceptors (Lipinski definition) is 3. The van der Waals surface area contributed by atoms with Gasteiger partial charge in [-0.05, 0) is 31.2 Å². The Morgan fingerprint density at radius 3 is 2.72 bits per heavy atom. The molecule has 1 aliphatic carbocycles. The van der Waals surface area contributed by atoms with Gasteiger partial charge in [0.25, 0.3) is 0 Å². The van der Waals surface area contributed by atoms with Crippen molar-refractivity contribution < 1.29 is 0 Å². The quantitative estimate of drug-likeness (QED) is 0.799. The summed E-state index contributed by atoms with van der Waals surface area (Å²) in [6.07, 6.45) is 7.12. The minimum atomic E-state index is 0.594. The van der Waals surface area contributed by atoms with Crippen LogP contribution >= 0.6 is 11.8 Å². The molecule has 1 aliphatic heterocycles. The van der Waals surface area contributed by atoms with Crippen LogP contribution in [-0.4, -0.2) is 48.6 Å². The first kappa shape index (κ1) is 14.7. The van der Waals surface area contributed by atoms with Crippen LogP contribution in [0.15, 0.2) is 0 Å². The zero-order chi connectivity index (χ0) is 12.8. The molecule has 0 aromatic rings. The van der Waals surface area contributed by atoms with Crippen molar-refractivity contribution in [2.24, 2.45) is 5.41 Å². The van der Waals surface area contributed by atoms with Gasteiger partial charge in [-0.25, -0.2) is 0 Å². The van der Waals surface area contributed by atoms with Crippen LogP contribution < -0.4 is 5.32 Å². The van der Waals surface area contributed by atoms with E-state index in [1.54, 1.807) is 0 Å². The second-order valence-electron chi connectivity index (χ2n) is 6.12. The molecule has 0 radical (unpaired) electrons. The fourth-order valence-electron chi connectivity index (χ4n) is 3.55. The number of nitrogens with one attached hydrogen (secondary N) is 1. The molecule has 0 spiro atoms. The second kappa shape index (κ2) is 7.16. The molecule has 1 atom stereocenters. The molecule has 1 saturated heterocycles. The van der Waals surface area contributed by atoms with Crippen molar-refractivity contribution in [2.75, 3.05) is 38.5 Å². The van der Waals surface area contributed by atoms with Gasteiger partial charge in [-0.2, -0.15) is 11.8 Å². The van der Waals surface area contributed by atoms with Crippen LogP contribution in [0.5, 0.6) is 0 Å². The van der Waals surface area contributed by atoms with Crippen LogP contribution in [0.3, 0.4) is 0 Å². The van der Waals surface area contributed by atoms with Crippen molar-refractivity contribution in [1.29, 1.82) is 0 Å². The molecule has 2 rings (SSSR count). The predicted octanol–water partition coefficient (Wildman–Crippen LogP) is 2.98. The molecule has 2 fully saturated rings. The van der Waals surface area contributed by atoms with Gasteiger partial charge in [-0.15, -0.1) is 0 Å². The van der Waals surface area contributed by atoms with E-state index in [-0.39, 0.29) is 0 Å². The lowest BCUT2D eigenvalue weighted by atomic mass is 9.85. The summed E-state index contributed by atoms with van der Waals surface area (Å²) in [6, 6.07) is 0. The Labute approximate surface area is 117 Å². The first-order valence-corrected chi connectivity index (χ1v) is 8.87. The van der Waals surface area contributed by atoms with Crippen molar-refractivity contribution in [3.05, 3.63) is 0 Å². The Hall–Kier alpha value is 0.270. The van der Waals surface area contributed by atoms with Crippen LogP contribution in [0.2, 0.25) is 0 Å². The van der Waals surface area contributed by atoms with Crippen molar-refractivity contribution in [3.63, 3.8) is 0 Å². The Morgan fingerprint density at radius 2 is 2.06 bits per heavy atom. The van der Waals surface area contributed by atoms with Crippen LogP contribution in [0, 0.1) is 5.41 Å². The predicted molar refractivity (Wildman–Crippen MR) is 82.4 cm³/mol. The Bertz CT molecular complexity index is 239. The molecule has 1 heterocycles. The Kier molecular flexibility index (Phi) is 5.84. The standard InChI is InChI=1S/C15H30N2S/c1-3-14-11-17(9-10-18-14)13-15(12-16-4-2)7-5-6-8-15/h14,16H,3-13H2,1-2H3. The maximum absolute atomic E-state index is 3.61. The average molecular weight is 270 g/mol. The summed E-state index contributed by atoms with van der Waals surface area (Å²) in [6.45, 7) is 10.9. The second-order valence-corrected chi connectivity index (χ2v) is 7.53. The zero-order valence-electron chi connectivity index (χ0n) is 12.2. The fourth-order valence-corrected chi connectivity index (χ4v) is 4.80. The lowest BCUT2D eigenvalue weighted by Gasteiger charge is -2.39. The minimum absolute atomic E-state index is 0.594. The summed E-state index contributed by atoms with van der Waals surface area (Å²) in [5.41, 5.74) is 0.594. The Balaban J connectivity index is 1.87. The van der Waals surface area contributed by atoms with Gasteiger partial charge in [0.2, 0.25) is 0 Å². The highest BCUT2D eigenvalue weighted by Gasteiger charge is 2.36. The molecule has 0 bridgehead atoms. The van der Waals surface area contributed by atoms with E-state index < -0.39 is 0 Å². The summed E-state index contributed by atoms with van der Waals surface area (Å²) in [4.78, 5) is 2.76. The summed E-state index contributed by atoms with van der Waals surface area (Å²) in [7, 11) is 0. The van der Waals surface area contributed by atoms with Crippen molar-refractivity contribution in [2.45, 2.75) is 51.2 Å². The van der Waals surface area contributed by atoms with E-state index in [0.29, 0.717) is 5.41 Å². The van der Waals surface area contributed by atoms with Gasteiger partial charge in [0.1, 0.15) is 0 Å². The molecular formula is C15H30N2S. The third-order valence-electron chi connectivity index (χ3n) is 4.65. The lowest BCUT2D eigenvalue weighted by molar-refractivity contribution is 0.152. The summed E-state index contributed by atoms with van der Waals surface area (Å²) in [5, 5.41) is 4.50. The Morgan fingerprint density at radius 1 is 1.28 bits per heavy atom. The molecule has 0 aromatic heterocycles. The molecule has 1 saturated carbocycles. The highest BCUT2D eigenvalue weighted by molar-refractivity contribution is 8.00. The number of thioether (sulfide) groups is 1. The zero-order valence-corrected chi connectivity index (χ0v) is 13.0. The fraction of sp³-hybridized carbons (Fsp3) is 1.00. The van der Waals surface area contributed by atoms with E-state index in [0.717, 1.165) is 11.8 Å². The third kappa shape index (κ3) is 3.88. The van der Waals surface area contributed by atoms with E-state index >= 15 is 0 Å². The monoisotopic (exact) mass is 270 g/mol. The molecule has 1 N–H and O–H groups in total. The molecule has 0 aromatic carbocycles. The third-order valence-corrected chi connectivity index (χ3v) is 6.02. The van der Waals surface area contributed by atoms with Gasteiger partial charge in [0.05, 0.1) is 0 Å². The van der Waals surface area contributed by atoms with E-state index in [4.69, 9.17) is 0 Å². The first-order chi connectivity index (χ1) is 8.78. The highest BCUT2D eigenvalue weighted by Crippen LogP contribution is 2.39. The van der Waals surface area contributed by atoms with Gasteiger partial charge in [0, 0.05) is 37.2 Å². The van der Waals surface area contributed by atoms with Crippen LogP contribution in [0.25, 0.3) is 0 Å². The van der Waals surface area contributed by atoms with Crippen LogP contribution in [0.1, 0.15) is 46.0 Å². The van der Waals surface area contributed by atoms with Crippen molar-refractivity contribution >= 4 is 11.8 Å². The van der Waals surface area contributed by atoms with E-state index in [1.165, 1.54) is 64.0 Å². The summed E-state index contributed by atoms with van der Waals surface area (Å²) < 4.78 is 0. The molecule has 106 valence electrons. The van der Waals surface area contributed by atoms with E-state index in [9.17, 15) is 0 Å². The largest absolute Gasteiger partial charge is 0.316 e. The molecule has 2 aliphatic rings. The smallest absolute Gasteiger partial charge is 0.0172 e. The maximum atomic E-state index is 3.61. The molecule has 1 unspecified atom stereocenters. The van der Waals surface area contributed by atoms with Crippen LogP contribution in [-0.2, 0) is 0 Å². The average Bonchev–Trinajstić information content (AvgIpc) is 2.85. The number of rotatable bonds is 6.